The number of nitrogens with zero attached hydrogens (tertiary/aromatic N) is 3. The van der Waals surface area contributed by atoms with Gasteiger partial charge >= 0.3 is 5.69 Å². The van der Waals surface area contributed by atoms with E-state index in [0.29, 0.717) is 39.0 Å². The van der Waals surface area contributed by atoms with Crippen LogP contribution in [0.3, 0.4) is 0 Å². The van der Waals surface area contributed by atoms with Crippen LogP contribution in [0.2, 0.25) is 0 Å². The SMILES string of the molecule is COc1ccc(OCCCC(=O)NCCCn2nc3n(c2=O)CCCC3)cc1. The van der Waals surface area contributed by atoms with Gasteiger partial charge < -0.3 is 14.8 Å². The molecule has 0 aliphatic carbocycles. The fourth-order valence-corrected chi connectivity index (χ4v) is 3.23. The van der Waals surface area contributed by atoms with Crippen LogP contribution < -0.4 is 20.5 Å². The van der Waals surface area contributed by atoms with E-state index >= 15 is 0 Å². The Hall–Kier alpha value is -2.77. The van der Waals surface area contributed by atoms with Crippen LogP contribution in [0, 0.1) is 0 Å². The van der Waals surface area contributed by atoms with E-state index in [1.807, 2.05) is 24.3 Å². The minimum atomic E-state index is -0.0308. The molecule has 28 heavy (non-hydrogen) atoms. The van der Waals surface area contributed by atoms with Crippen LogP contribution >= 0.6 is 0 Å². The number of hydrogen-bond donors (Lipinski definition) is 1. The van der Waals surface area contributed by atoms with E-state index in [-0.39, 0.29) is 11.6 Å². The van der Waals surface area contributed by atoms with Crippen molar-refractivity contribution in [2.45, 2.75) is 51.6 Å². The number of fused-ring (bicyclic) bond motifs is 1. The van der Waals surface area contributed by atoms with Gasteiger partial charge in [0.25, 0.3) is 0 Å². The topological polar surface area (TPSA) is 87.4 Å². The molecule has 0 spiro atoms. The number of methoxy groups -OCH3 is 1. The van der Waals surface area contributed by atoms with Gasteiger partial charge in [-0.2, -0.15) is 5.10 Å². The summed E-state index contributed by atoms with van der Waals surface area (Å²) >= 11 is 0. The second-order valence-electron chi connectivity index (χ2n) is 6.86. The van der Waals surface area contributed by atoms with E-state index in [4.69, 9.17) is 9.47 Å². The van der Waals surface area contributed by atoms with Gasteiger partial charge in [0.2, 0.25) is 5.91 Å². The average molecular weight is 388 g/mol. The normalized spacial score (nSPS) is 13.0. The van der Waals surface area contributed by atoms with E-state index in [9.17, 15) is 9.59 Å². The van der Waals surface area contributed by atoms with Crippen molar-refractivity contribution in [3.8, 4) is 11.5 Å². The minimum Gasteiger partial charge on any atom is -0.497 e. The smallest absolute Gasteiger partial charge is 0.345 e. The molecule has 1 N–H and O–H groups in total. The molecule has 0 bridgehead atoms. The summed E-state index contributed by atoms with van der Waals surface area (Å²) in [7, 11) is 1.62. The van der Waals surface area contributed by atoms with E-state index in [1.54, 1.807) is 11.7 Å². The Morgan fingerprint density at radius 2 is 1.96 bits per heavy atom. The first-order valence-electron chi connectivity index (χ1n) is 9.87. The number of benzene rings is 1. The highest BCUT2D eigenvalue weighted by Gasteiger charge is 2.16. The highest BCUT2D eigenvalue weighted by Crippen LogP contribution is 2.17. The Balaban J connectivity index is 1.28. The molecule has 1 aromatic heterocycles. The fourth-order valence-electron chi connectivity index (χ4n) is 3.23. The highest BCUT2D eigenvalue weighted by molar-refractivity contribution is 5.75. The number of amides is 1. The van der Waals surface area contributed by atoms with Gasteiger partial charge in [-0.1, -0.05) is 0 Å². The zero-order chi connectivity index (χ0) is 19.8. The predicted octanol–water partition coefficient (Wildman–Crippen LogP) is 1.76. The van der Waals surface area contributed by atoms with Gasteiger partial charge in [-0.15, -0.1) is 0 Å². The maximum Gasteiger partial charge on any atom is 0.345 e. The Kier molecular flexibility index (Phi) is 7.11. The Morgan fingerprint density at radius 1 is 1.18 bits per heavy atom. The molecule has 1 amide bonds. The number of rotatable bonds is 10. The molecular formula is C20H28N4O4. The van der Waals surface area contributed by atoms with Crippen LogP contribution in [0.4, 0.5) is 0 Å². The molecule has 1 aliphatic rings. The molecule has 2 heterocycles. The third-order valence-electron chi connectivity index (χ3n) is 4.78. The molecule has 0 fully saturated rings. The molecule has 1 aliphatic heterocycles. The van der Waals surface area contributed by atoms with Crippen LogP contribution in [-0.2, 0) is 24.3 Å². The number of carbonyl (C=O) groups excluding carboxylic acids is 1. The van der Waals surface area contributed by atoms with Crippen molar-refractivity contribution in [2.24, 2.45) is 0 Å². The van der Waals surface area contributed by atoms with Gasteiger partial charge in [0, 0.05) is 32.5 Å². The fraction of sp³-hybridized carbons (Fsp3) is 0.550. The van der Waals surface area contributed by atoms with E-state index in [0.717, 1.165) is 43.1 Å². The molecule has 3 rings (SSSR count). The average Bonchev–Trinajstić information content (AvgIpc) is 3.05. The minimum absolute atomic E-state index is 0.00480. The van der Waals surface area contributed by atoms with Gasteiger partial charge in [0.1, 0.15) is 17.3 Å². The largest absolute Gasteiger partial charge is 0.497 e. The maximum atomic E-state index is 12.2. The van der Waals surface area contributed by atoms with Gasteiger partial charge in [-0.3, -0.25) is 9.36 Å². The van der Waals surface area contributed by atoms with Gasteiger partial charge in [-0.25, -0.2) is 9.48 Å². The predicted molar refractivity (Wildman–Crippen MR) is 105 cm³/mol. The van der Waals surface area contributed by atoms with Crippen molar-refractivity contribution < 1.29 is 14.3 Å². The number of nitrogens with one attached hydrogen (secondary N) is 1. The van der Waals surface area contributed by atoms with Crippen LogP contribution in [0.5, 0.6) is 11.5 Å². The summed E-state index contributed by atoms with van der Waals surface area (Å²) in [6, 6.07) is 7.36. The van der Waals surface area contributed by atoms with E-state index in [2.05, 4.69) is 10.4 Å². The second-order valence-corrected chi connectivity index (χ2v) is 6.86. The molecule has 152 valence electrons. The first-order valence-corrected chi connectivity index (χ1v) is 9.87. The lowest BCUT2D eigenvalue weighted by atomic mass is 10.2. The monoisotopic (exact) mass is 388 g/mol. The number of carbonyl (C=O) groups is 1. The summed E-state index contributed by atoms with van der Waals surface area (Å²) < 4.78 is 14.0. The third kappa shape index (κ3) is 5.37. The quantitative estimate of drug-likeness (QED) is 0.627. The van der Waals surface area contributed by atoms with Crippen molar-refractivity contribution in [3.05, 3.63) is 40.6 Å². The number of ether oxygens (including phenoxy) is 2. The van der Waals surface area contributed by atoms with E-state index in [1.165, 1.54) is 4.68 Å². The van der Waals surface area contributed by atoms with E-state index < -0.39 is 0 Å². The zero-order valence-electron chi connectivity index (χ0n) is 16.4. The Morgan fingerprint density at radius 3 is 2.71 bits per heavy atom. The van der Waals surface area contributed by atoms with Gasteiger partial charge in [0.05, 0.1) is 13.7 Å². The Bertz CT molecular complexity index is 826. The van der Waals surface area contributed by atoms with Crippen molar-refractivity contribution in [2.75, 3.05) is 20.3 Å². The van der Waals surface area contributed by atoms with Crippen LogP contribution in [-0.4, -0.2) is 40.5 Å². The number of aromatic nitrogens is 3. The van der Waals surface area contributed by atoms with Crippen LogP contribution in [0.15, 0.2) is 29.1 Å². The molecular weight excluding hydrogens is 360 g/mol. The maximum absolute atomic E-state index is 12.2. The van der Waals surface area contributed by atoms with Crippen LogP contribution in [0.1, 0.15) is 37.9 Å². The lowest BCUT2D eigenvalue weighted by molar-refractivity contribution is -0.121. The molecule has 8 heteroatoms. The molecule has 0 radical (unpaired) electrons. The molecule has 0 atom stereocenters. The lowest BCUT2D eigenvalue weighted by Gasteiger charge is -2.09. The zero-order valence-corrected chi connectivity index (χ0v) is 16.4. The van der Waals surface area contributed by atoms with Gasteiger partial charge in [-0.05, 0) is 49.9 Å². The van der Waals surface area contributed by atoms with Gasteiger partial charge in [0.15, 0.2) is 0 Å². The standard InChI is InChI=1S/C20H28N4O4/c1-27-16-8-10-17(11-9-16)28-15-4-7-19(25)21-12-5-14-24-20(26)23-13-3-2-6-18(23)22-24/h8-11H,2-7,12-15H2,1H3,(H,21,25). The number of aryl methyl sites for hydroxylation is 2. The molecule has 2 aromatic rings. The molecule has 0 unspecified atom stereocenters. The first-order chi connectivity index (χ1) is 13.7. The molecule has 8 nitrogen and oxygen atoms in total. The van der Waals surface area contributed by atoms with Crippen molar-refractivity contribution in [3.63, 3.8) is 0 Å². The van der Waals surface area contributed by atoms with Crippen molar-refractivity contribution in [1.29, 1.82) is 0 Å². The Labute approximate surface area is 164 Å². The highest BCUT2D eigenvalue weighted by atomic mass is 16.5. The molecule has 0 saturated heterocycles. The van der Waals surface area contributed by atoms with Crippen LogP contribution in [0.25, 0.3) is 0 Å². The number of hydrogen-bond acceptors (Lipinski definition) is 5. The molecule has 0 saturated carbocycles. The summed E-state index contributed by atoms with van der Waals surface area (Å²) in [6.45, 7) is 2.31. The summed E-state index contributed by atoms with van der Waals surface area (Å²) in [4.78, 5) is 24.1. The summed E-state index contributed by atoms with van der Waals surface area (Å²) in [5.74, 6) is 2.42. The first kappa shape index (κ1) is 20.0. The summed E-state index contributed by atoms with van der Waals surface area (Å²) in [5, 5.41) is 7.28. The third-order valence-corrected chi connectivity index (χ3v) is 4.78. The second kappa shape index (κ2) is 9.96. The lowest BCUT2D eigenvalue weighted by Crippen LogP contribution is -2.29. The summed E-state index contributed by atoms with van der Waals surface area (Å²) in [6.07, 6.45) is 4.74. The summed E-state index contributed by atoms with van der Waals surface area (Å²) in [5.41, 5.74) is -0.0308. The van der Waals surface area contributed by atoms with Crippen molar-refractivity contribution >= 4 is 5.91 Å². The van der Waals surface area contributed by atoms with Crippen molar-refractivity contribution in [1.82, 2.24) is 19.7 Å². The molecule has 1 aromatic carbocycles.